The van der Waals surface area contributed by atoms with E-state index in [1.54, 1.807) is 50.3 Å². The molecule has 2 saturated heterocycles. The van der Waals surface area contributed by atoms with Crippen LogP contribution in [0.4, 0.5) is 0 Å². The number of aliphatic hydroxyl groups is 8. The van der Waals surface area contributed by atoms with Gasteiger partial charge in [0, 0.05) is 43.0 Å². The van der Waals surface area contributed by atoms with Crippen molar-refractivity contribution in [2.75, 3.05) is 13.2 Å². The monoisotopic (exact) mass is 658 g/mol. The van der Waals surface area contributed by atoms with Gasteiger partial charge in [0.2, 0.25) is 0 Å². The Morgan fingerprint density at radius 2 is 1.02 bits per heavy atom. The zero-order chi connectivity index (χ0) is 31.1. The average molecular weight is 660 g/mol. The second kappa shape index (κ2) is 16.6. The maximum atomic E-state index is 11.9. The second-order valence-electron chi connectivity index (χ2n) is 10.1. The number of Topliss-reactive ketones (excluding diaryl/α,β-unsaturated/α-hetero) is 2. The van der Waals surface area contributed by atoms with E-state index >= 15 is 0 Å². The molecule has 2 aliphatic carbocycles. The van der Waals surface area contributed by atoms with Crippen LogP contribution in [0.1, 0.15) is 13.8 Å². The van der Waals surface area contributed by atoms with Crippen LogP contribution in [0.5, 0.6) is 0 Å². The molecule has 15 heteroatoms. The molecule has 43 heavy (non-hydrogen) atoms. The average Bonchev–Trinajstić information content (AvgIpc) is 2.97. The van der Waals surface area contributed by atoms with Crippen LogP contribution in [-0.2, 0) is 38.5 Å². The van der Waals surface area contributed by atoms with Crippen LogP contribution in [0.3, 0.4) is 0 Å². The van der Waals surface area contributed by atoms with Gasteiger partial charge in [0.05, 0.1) is 13.2 Å². The first-order valence-electron chi connectivity index (χ1n) is 13.2. The predicted octanol–water partition coefficient (Wildman–Crippen LogP) is -3.31. The molecular weight excluding hydrogens is 622 g/mol. The molecule has 0 aromatic rings. The smallest absolute Gasteiger partial charge is 0.190 e. The zero-order valence-corrected chi connectivity index (χ0v) is 26.7. The van der Waals surface area contributed by atoms with E-state index in [-0.39, 0.29) is 31.0 Å². The summed E-state index contributed by atoms with van der Waals surface area (Å²) in [5.74, 6) is -0.334. The fourth-order valence-corrected chi connectivity index (χ4v) is 4.50. The molecule has 2 heterocycles. The molecule has 2 aliphatic heterocycles. The fraction of sp³-hybridized carbons (Fsp3) is 0.500. The molecule has 0 radical (unpaired) electrons. The van der Waals surface area contributed by atoms with E-state index in [1.165, 1.54) is 12.4 Å². The zero-order valence-electron chi connectivity index (χ0n) is 23.7. The van der Waals surface area contributed by atoms with Crippen molar-refractivity contribution in [2.45, 2.75) is 75.1 Å². The minimum Gasteiger partial charge on any atom is -0.394 e. The minimum absolute atomic E-state index is 0. The van der Waals surface area contributed by atoms with Crippen molar-refractivity contribution in [3.05, 3.63) is 71.1 Å². The van der Waals surface area contributed by atoms with Crippen LogP contribution in [0.15, 0.2) is 71.1 Å². The summed E-state index contributed by atoms with van der Waals surface area (Å²) < 4.78 is 10.0. The third-order valence-electron chi connectivity index (χ3n) is 7.15. The van der Waals surface area contributed by atoms with Crippen LogP contribution in [-0.4, -0.2) is 127 Å². The number of carbonyl (C=O) groups is 2. The molecule has 0 bridgehead atoms. The summed E-state index contributed by atoms with van der Waals surface area (Å²) in [6, 6.07) is -2.02. The summed E-state index contributed by atoms with van der Waals surface area (Å²) in [4.78, 5) is 23.7. The number of nitrogens with one attached hydrogen (secondary N) is 2. The summed E-state index contributed by atoms with van der Waals surface area (Å²) in [7, 11) is 0. The second-order valence-corrected chi connectivity index (χ2v) is 10.1. The third-order valence-corrected chi connectivity index (χ3v) is 7.15. The van der Waals surface area contributed by atoms with Crippen LogP contribution in [0.2, 0.25) is 0 Å². The number of ketones is 2. The van der Waals surface area contributed by atoms with Crippen molar-refractivity contribution >= 4 is 11.6 Å². The van der Waals surface area contributed by atoms with Crippen molar-refractivity contribution in [3.8, 4) is 0 Å². The number of hydrogen-bond donors (Lipinski definition) is 10. The van der Waals surface area contributed by atoms with Crippen molar-refractivity contribution in [1.29, 1.82) is 0 Å². The Labute approximate surface area is 260 Å². The number of ether oxygens (including phenoxy) is 2. The summed E-state index contributed by atoms with van der Waals surface area (Å²) in [6.45, 7) is 2.33. The Hall–Kier alpha value is -2.40. The first kappa shape index (κ1) is 36.8. The van der Waals surface area contributed by atoms with Crippen molar-refractivity contribution in [3.63, 3.8) is 0 Å². The van der Waals surface area contributed by atoms with Gasteiger partial charge in [0.1, 0.15) is 48.7 Å². The Morgan fingerprint density at radius 3 is 1.35 bits per heavy atom. The van der Waals surface area contributed by atoms with Crippen LogP contribution in [0, 0.1) is 0 Å². The Kier molecular flexibility index (Phi) is 14.2. The number of rotatable bonds is 6. The van der Waals surface area contributed by atoms with Gasteiger partial charge in [0.25, 0.3) is 0 Å². The normalized spacial score (nSPS) is 37.6. The minimum atomic E-state index is -1.42. The molecule has 14 nitrogen and oxygen atoms in total. The summed E-state index contributed by atoms with van der Waals surface area (Å²) in [6.07, 6.45) is 2.39. The van der Waals surface area contributed by atoms with E-state index in [1.807, 2.05) is 0 Å². The van der Waals surface area contributed by atoms with Gasteiger partial charge >= 0.3 is 0 Å². The van der Waals surface area contributed by atoms with E-state index in [0.717, 1.165) is 0 Å². The molecule has 234 valence electrons. The summed E-state index contributed by atoms with van der Waals surface area (Å²) in [5.41, 5.74) is 1.89. The maximum Gasteiger partial charge on any atom is 0.190 e. The molecule has 0 spiro atoms. The molecule has 4 rings (SSSR count). The van der Waals surface area contributed by atoms with E-state index in [4.69, 9.17) is 19.7 Å². The van der Waals surface area contributed by atoms with Gasteiger partial charge in [-0.15, -0.1) is 0 Å². The molecule has 2 fully saturated rings. The van der Waals surface area contributed by atoms with Crippen LogP contribution in [0.25, 0.3) is 0 Å². The molecular formula is C28H38N2O12Zn. The molecule has 0 aromatic carbocycles. The van der Waals surface area contributed by atoms with E-state index < -0.39 is 74.5 Å². The van der Waals surface area contributed by atoms with Gasteiger partial charge in [0.15, 0.2) is 24.1 Å². The standard InChI is InChI=1S/2C14H19NO6.Zn/c2*1-7-3-2-4-8(11(7)17)5-15-10-13(19)12(18)9(6-16)21-14(10)20;/h2*2-5,9-10,12-16,18-20H,6H2,1H3;/b8-5+;8-5-;/t2*9-,10-,12-,13-,14?;/m11./s1. The van der Waals surface area contributed by atoms with Gasteiger partial charge in [-0.3, -0.25) is 9.59 Å². The van der Waals surface area contributed by atoms with E-state index in [2.05, 4.69) is 10.6 Å². The van der Waals surface area contributed by atoms with E-state index in [9.17, 15) is 40.2 Å². The molecule has 4 aliphatic rings. The Morgan fingerprint density at radius 1 is 0.674 bits per heavy atom. The Bertz CT molecular complexity index is 1090. The quantitative estimate of drug-likeness (QED) is 0.0993. The predicted molar refractivity (Wildman–Crippen MR) is 146 cm³/mol. The Balaban J connectivity index is 0.000000293. The number of allylic oxidation sites excluding steroid dienone is 10. The van der Waals surface area contributed by atoms with E-state index in [0.29, 0.717) is 22.3 Å². The van der Waals surface area contributed by atoms with Gasteiger partial charge < -0.3 is 61.0 Å². The SMILES string of the molecule is CC1=CC=C/C(=C/N[C@H]2C(O)O[C@H](CO)[C@@H](O)[C@@H]2O)C1=O.CC1=CC=C/C(=C\N[C@H]2C(O)O[C@H](CO)[C@@H](O)[C@@H]2O)C1=O.[Zn]. The maximum absolute atomic E-state index is 11.9. The molecule has 0 saturated carbocycles. The van der Waals surface area contributed by atoms with Gasteiger partial charge in [-0.2, -0.15) is 0 Å². The molecule has 2 unspecified atom stereocenters. The number of aliphatic hydroxyl groups excluding tert-OH is 8. The van der Waals surface area contributed by atoms with Gasteiger partial charge in [-0.25, -0.2) is 0 Å². The van der Waals surface area contributed by atoms with Crippen LogP contribution < -0.4 is 10.6 Å². The molecule has 10 N–H and O–H groups in total. The van der Waals surface area contributed by atoms with Gasteiger partial charge in [-0.1, -0.05) is 24.3 Å². The first-order valence-corrected chi connectivity index (χ1v) is 13.2. The number of carbonyl (C=O) groups excluding carboxylic acids is 2. The van der Waals surface area contributed by atoms with Crippen molar-refractivity contribution in [2.24, 2.45) is 0 Å². The fourth-order valence-electron chi connectivity index (χ4n) is 4.50. The van der Waals surface area contributed by atoms with Gasteiger partial charge in [-0.05, 0) is 37.1 Å². The summed E-state index contributed by atoms with van der Waals surface area (Å²) >= 11 is 0. The molecule has 0 aromatic heterocycles. The topological polar surface area (TPSA) is 238 Å². The molecule has 10 atom stereocenters. The van der Waals surface area contributed by atoms with Crippen LogP contribution >= 0.6 is 0 Å². The number of hydrogen-bond acceptors (Lipinski definition) is 14. The third kappa shape index (κ3) is 8.84. The molecule has 0 amide bonds. The largest absolute Gasteiger partial charge is 0.394 e. The van der Waals surface area contributed by atoms with Crippen molar-refractivity contribution in [1.82, 2.24) is 10.6 Å². The first-order chi connectivity index (χ1) is 19.9. The summed E-state index contributed by atoms with van der Waals surface area (Å²) in [5, 5.41) is 82.4. The van der Waals surface area contributed by atoms with Crippen molar-refractivity contribution < 1.29 is 79.4 Å².